The lowest BCUT2D eigenvalue weighted by atomic mass is 10.00. The largest absolute Gasteiger partial charge is 0.287 e. The van der Waals surface area contributed by atoms with Gasteiger partial charge >= 0.3 is 0 Å². The fourth-order valence-corrected chi connectivity index (χ4v) is 2.81. The Labute approximate surface area is 137 Å². The lowest BCUT2D eigenvalue weighted by Crippen LogP contribution is -2.04. The maximum Gasteiger partial charge on any atom is 0.214 e. The fourth-order valence-electron chi connectivity index (χ4n) is 2.81. The molecule has 4 rings (SSSR count). The van der Waals surface area contributed by atoms with Gasteiger partial charge in [0.2, 0.25) is 5.78 Å². The molecule has 5 nitrogen and oxygen atoms in total. The molecule has 0 radical (unpaired) electrons. The number of nitriles is 2. The van der Waals surface area contributed by atoms with Gasteiger partial charge in [0.25, 0.3) is 0 Å². The quantitative estimate of drug-likeness (QED) is 0.539. The van der Waals surface area contributed by atoms with Gasteiger partial charge in [-0.15, -0.1) is 0 Å². The van der Waals surface area contributed by atoms with E-state index < -0.39 is 0 Å². The van der Waals surface area contributed by atoms with Gasteiger partial charge in [-0.3, -0.25) is 4.79 Å². The predicted octanol–water partition coefficient (Wildman–Crippen LogP) is 3.10. The minimum absolute atomic E-state index is 0.0657. The summed E-state index contributed by atoms with van der Waals surface area (Å²) in [5.74, 6) is -0.272. The summed E-state index contributed by atoms with van der Waals surface area (Å²) in [6.45, 7) is 0. The van der Waals surface area contributed by atoms with E-state index in [4.69, 9.17) is 10.5 Å². The number of aromatic nitrogens is 2. The number of nitrogens with zero attached hydrogens (tertiary/aromatic N) is 4. The Morgan fingerprint density at radius 1 is 0.750 bits per heavy atom. The minimum Gasteiger partial charge on any atom is -0.287 e. The number of hydrogen-bond donors (Lipinski definition) is 0. The molecule has 0 aliphatic heterocycles. The first kappa shape index (κ1) is 13.8. The van der Waals surface area contributed by atoms with Crippen molar-refractivity contribution in [3.05, 3.63) is 71.2 Å². The van der Waals surface area contributed by atoms with Crippen LogP contribution in [0.25, 0.3) is 22.4 Å². The second-order valence-corrected chi connectivity index (χ2v) is 5.30. The lowest BCUT2D eigenvalue weighted by Gasteiger charge is -2.04. The highest BCUT2D eigenvalue weighted by Gasteiger charge is 2.31. The molecule has 0 atom stereocenters. The van der Waals surface area contributed by atoms with Crippen molar-refractivity contribution in [3.63, 3.8) is 0 Å². The summed E-state index contributed by atoms with van der Waals surface area (Å²) in [5, 5.41) is 18.2. The zero-order valence-corrected chi connectivity index (χ0v) is 12.3. The molecule has 5 heteroatoms. The topological polar surface area (TPSA) is 90.4 Å². The average molecular weight is 308 g/mol. The standard InChI is InChI=1S/C19H8N4O/c20-9-15-16(10-21)23-18-17(22-15)13-7-6-12(8-14(13)19(18)24)11-4-2-1-3-5-11/h1-8H. The third kappa shape index (κ3) is 1.89. The summed E-state index contributed by atoms with van der Waals surface area (Å²) in [4.78, 5) is 20.9. The monoisotopic (exact) mass is 308 g/mol. The number of rotatable bonds is 1. The highest BCUT2D eigenvalue weighted by Crippen LogP contribution is 2.36. The number of carbonyl (C=O) groups excluding carboxylic acids is 1. The Morgan fingerprint density at radius 3 is 2.08 bits per heavy atom. The van der Waals surface area contributed by atoms with Crippen LogP contribution in [0, 0.1) is 22.7 Å². The number of hydrogen-bond acceptors (Lipinski definition) is 5. The average Bonchev–Trinajstić information content (AvgIpc) is 2.92. The third-order valence-electron chi connectivity index (χ3n) is 3.95. The van der Waals surface area contributed by atoms with Gasteiger partial charge in [-0.05, 0) is 17.2 Å². The van der Waals surface area contributed by atoms with Crippen molar-refractivity contribution in [2.75, 3.05) is 0 Å². The van der Waals surface area contributed by atoms with Gasteiger partial charge in [-0.2, -0.15) is 10.5 Å². The summed E-state index contributed by atoms with van der Waals surface area (Å²) in [6, 6.07) is 18.9. The smallest absolute Gasteiger partial charge is 0.214 e. The molecule has 0 saturated carbocycles. The Morgan fingerprint density at radius 2 is 1.42 bits per heavy atom. The van der Waals surface area contributed by atoms with Crippen LogP contribution in [-0.2, 0) is 0 Å². The molecule has 110 valence electrons. The van der Waals surface area contributed by atoms with Crippen molar-refractivity contribution in [2.24, 2.45) is 0 Å². The summed E-state index contributed by atoms with van der Waals surface area (Å²) in [7, 11) is 0. The van der Waals surface area contributed by atoms with Crippen LogP contribution < -0.4 is 0 Å². The van der Waals surface area contributed by atoms with E-state index in [1.807, 2.05) is 54.6 Å². The minimum atomic E-state index is -0.272. The van der Waals surface area contributed by atoms with Crippen LogP contribution in [0.2, 0.25) is 0 Å². The molecule has 1 aliphatic carbocycles. The van der Waals surface area contributed by atoms with Crippen molar-refractivity contribution in [1.82, 2.24) is 9.97 Å². The molecule has 0 bridgehead atoms. The number of carbonyl (C=O) groups is 1. The van der Waals surface area contributed by atoms with Crippen molar-refractivity contribution in [3.8, 4) is 34.5 Å². The van der Waals surface area contributed by atoms with Crippen LogP contribution in [0.5, 0.6) is 0 Å². The predicted molar refractivity (Wildman–Crippen MR) is 85.8 cm³/mol. The van der Waals surface area contributed by atoms with E-state index in [9.17, 15) is 4.79 Å². The molecule has 1 aliphatic rings. The first-order valence-electron chi connectivity index (χ1n) is 7.19. The van der Waals surface area contributed by atoms with E-state index in [-0.39, 0.29) is 22.9 Å². The first-order valence-corrected chi connectivity index (χ1v) is 7.19. The van der Waals surface area contributed by atoms with Gasteiger partial charge in [0.1, 0.15) is 23.5 Å². The molecule has 1 aromatic heterocycles. The molecule has 0 spiro atoms. The Balaban J connectivity index is 1.92. The highest BCUT2D eigenvalue weighted by atomic mass is 16.1. The molecule has 0 unspecified atom stereocenters. The van der Waals surface area contributed by atoms with E-state index in [0.29, 0.717) is 16.8 Å². The molecule has 0 amide bonds. The van der Waals surface area contributed by atoms with Gasteiger partial charge in [0, 0.05) is 11.1 Å². The zero-order valence-electron chi connectivity index (χ0n) is 12.3. The van der Waals surface area contributed by atoms with E-state index in [2.05, 4.69) is 9.97 Å². The lowest BCUT2D eigenvalue weighted by molar-refractivity contribution is 0.103. The van der Waals surface area contributed by atoms with Crippen molar-refractivity contribution in [1.29, 1.82) is 10.5 Å². The van der Waals surface area contributed by atoms with E-state index in [1.54, 1.807) is 6.07 Å². The molecule has 0 saturated heterocycles. The molecule has 3 aromatic rings. The second-order valence-electron chi connectivity index (χ2n) is 5.30. The highest BCUT2D eigenvalue weighted by molar-refractivity contribution is 6.20. The van der Waals surface area contributed by atoms with Crippen molar-refractivity contribution < 1.29 is 4.79 Å². The normalized spacial score (nSPS) is 11.3. The van der Waals surface area contributed by atoms with Crippen molar-refractivity contribution >= 4 is 5.78 Å². The Bertz CT molecular complexity index is 1090. The van der Waals surface area contributed by atoms with Gasteiger partial charge in [0.05, 0.1) is 0 Å². The zero-order chi connectivity index (χ0) is 16.7. The molecule has 1 heterocycles. The van der Waals surface area contributed by atoms with Gasteiger partial charge < -0.3 is 0 Å². The van der Waals surface area contributed by atoms with E-state index in [1.165, 1.54) is 0 Å². The molecule has 2 aromatic carbocycles. The van der Waals surface area contributed by atoms with Crippen LogP contribution in [0.1, 0.15) is 27.4 Å². The van der Waals surface area contributed by atoms with Crippen molar-refractivity contribution in [2.45, 2.75) is 0 Å². The van der Waals surface area contributed by atoms with Gasteiger partial charge in [-0.25, -0.2) is 9.97 Å². The summed E-state index contributed by atoms with van der Waals surface area (Å²) < 4.78 is 0. The Kier molecular flexibility index (Phi) is 2.94. The van der Waals surface area contributed by atoms with E-state index in [0.717, 1.165) is 11.1 Å². The summed E-state index contributed by atoms with van der Waals surface area (Å²) >= 11 is 0. The van der Waals surface area contributed by atoms with Gasteiger partial charge in [0.15, 0.2) is 11.4 Å². The summed E-state index contributed by atoms with van der Waals surface area (Å²) in [5.41, 5.74) is 3.35. The molecule has 0 N–H and O–H groups in total. The maximum absolute atomic E-state index is 12.6. The van der Waals surface area contributed by atoms with Crippen LogP contribution >= 0.6 is 0 Å². The second kappa shape index (κ2) is 5.12. The number of fused-ring (bicyclic) bond motifs is 3. The number of ketones is 1. The fraction of sp³-hybridized carbons (Fsp3) is 0. The van der Waals surface area contributed by atoms with Gasteiger partial charge in [-0.1, -0.05) is 42.5 Å². The third-order valence-corrected chi connectivity index (χ3v) is 3.95. The Hall–Kier alpha value is -3.83. The first-order chi connectivity index (χ1) is 11.7. The molecular formula is C19H8N4O. The van der Waals surface area contributed by atoms with E-state index >= 15 is 0 Å². The van der Waals surface area contributed by atoms with Crippen LogP contribution in [0.15, 0.2) is 48.5 Å². The van der Waals surface area contributed by atoms with Crippen LogP contribution in [0.3, 0.4) is 0 Å². The summed E-state index contributed by atoms with van der Waals surface area (Å²) in [6.07, 6.45) is 0. The van der Waals surface area contributed by atoms with Crippen LogP contribution in [0.4, 0.5) is 0 Å². The molecule has 24 heavy (non-hydrogen) atoms. The SMILES string of the molecule is N#Cc1nc2c(nc1C#N)-c1ccc(-c3ccccc3)cc1C2=O. The molecule has 0 fully saturated rings. The number of benzene rings is 2. The maximum atomic E-state index is 12.6. The molecular weight excluding hydrogens is 300 g/mol. The van der Waals surface area contributed by atoms with Crippen LogP contribution in [-0.4, -0.2) is 15.8 Å².